The highest BCUT2D eigenvalue weighted by Crippen LogP contribution is 2.41. The van der Waals surface area contributed by atoms with Gasteiger partial charge in [0.15, 0.2) is 0 Å². The first kappa shape index (κ1) is 12.2. The van der Waals surface area contributed by atoms with Gasteiger partial charge < -0.3 is 4.90 Å². The van der Waals surface area contributed by atoms with E-state index in [4.69, 9.17) is 0 Å². The van der Waals surface area contributed by atoms with E-state index in [1.54, 1.807) is 0 Å². The molecule has 1 saturated carbocycles. The maximum atomic E-state index is 13.1. The quantitative estimate of drug-likeness (QED) is 0.650. The molecule has 1 aliphatic carbocycles. The van der Waals surface area contributed by atoms with Crippen LogP contribution in [0.1, 0.15) is 32.6 Å². The van der Waals surface area contributed by atoms with Crippen molar-refractivity contribution in [1.29, 1.82) is 0 Å². The lowest BCUT2D eigenvalue weighted by molar-refractivity contribution is -0.0604. The largest absolute Gasteiger partial charge is 0.372 e. The highest BCUT2D eigenvalue weighted by Gasteiger charge is 2.43. The summed E-state index contributed by atoms with van der Waals surface area (Å²) in [7, 11) is 1.92. The second kappa shape index (κ2) is 4.33. The summed E-state index contributed by atoms with van der Waals surface area (Å²) in [5.41, 5.74) is -0.284. The molecule has 0 aromatic rings. The first-order valence-electron chi connectivity index (χ1n) is 5.33. The smallest absolute Gasteiger partial charge is 0.248 e. The summed E-state index contributed by atoms with van der Waals surface area (Å²) in [5.74, 6) is -2.48. The molecule has 1 nitrogen and oxygen atoms in total. The molecule has 0 N–H and O–H groups in total. The summed E-state index contributed by atoms with van der Waals surface area (Å²) < 4.78 is 26.1. The summed E-state index contributed by atoms with van der Waals surface area (Å²) in [6.45, 7) is 5.71. The van der Waals surface area contributed by atoms with Crippen LogP contribution in [0.2, 0.25) is 0 Å². The average Bonchev–Trinajstić information content (AvgIpc) is 2.19. The number of allylic oxidation sites excluding steroid dienone is 1. The van der Waals surface area contributed by atoms with Crippen LogP contribution >= 0.6 is 0 Å². The Hall–Kier alpha value is -0.860. The summed E-state index contributed by atoms with van der Waals surface area (Å²) in [4.78, 5) is 2.00. The molecule has 0 saturated heterocycles. The van der Waals surface area contributed by atoms with E-state index in [2.05, 4.69) is 6.58 Å². The van der Waals surface area contributed by atoms with Gasteiger partial charge >= 0.3 is 0 Å². The fourth-order valence-electron chi connectivity index (χ4n) is 2.12. The minimum atomic E-state index is -2.48. The third-order valence-corrected chi connectivity index (χ3v) is 3.30. The molecule has 0 unspecified atom stereocenters. The highest BCUT2D eigenvalue weighted by molar-refractivity contribution is 5.09. The molecular formula is C12H19F2N. The molecule has 15 heavy (non-hydrogen) atoms. The molecule has 1 aliphatic rings. The van der Waals surface area contributed by atoms with Crippen molar-refractivity contribution in [2.75, 3.05) is 7.05 Å². The molecule has 1 fully saturated rings. The lowest BCUT2D eigenvalue weighted by atomic mass is 9.79. The van der Waals surface area contributed by atoms with Crippen molar-refractivity contribution in [1.82, 2.24) is 4.90 Å². The van der Waals surface area contributed by atoms with Crippen LogP contribution in [0.15, 0.2) is 24.9 Å². The normalized spacial score (nSPS) is 24.0. The van der Waals surface area contributed by atoms with E-state index in [1.807, 2.05) is 37.2 Å². The SMILES string of the molecule is C=CC1(N(C)/C=C\C)CCC(F)(F)CC1. The Morgan fingerprint density at radius 1 is 1.20 bits per heavy atom. The average molecular weight is 215 g/mol. The topological polar surface area (TPSA) is 3.24 Å². The van der Waals surface area contributed by atoms with E-state index >= 15 is 0 Å². The second-order valence-electron chi connectivity index (χ2n) is 4.26. The van der Waals surface area contributed by atoms with E-state index in [0.29, 0.717) is 12.8 Å². The summed E-state index contributed by atoms with van der Waals surface area (Å²) >= 11 is 0. The molecule has 1 rings (SSSR count). The molecule has 0 amide bonds. The second-order valence-corrected chi connectivity index (χ2v) is 4.26. The Morgan fingerprint density at radius 2 is 1.73 bits per heavy atom. The van der Waals surface area contributed by atoms with Gasteiger partial charge in [-0.1, -0.05) is 12.2 Å². The van der Waals surface area contributed by atoms with Crippen molar-refractivity contribution in [2.24, 2.45) is 0 Å². The van der Waals surface area contributed by atoms with Gasteiger partial charge in [-0.05, 0) is 26.0 Å². The monoisotopic (exact) mass is 215 g/mol. The highest BCUT2D eigenvalue weighted by atomic mass is 19.3. The van der Waals surface area contributed by atoms with Gasteiger partial charge in [0.05, 0.1) is 5.54 Å². The number of likely N-dealkylation sites (N-methyl/N-ethyl adjacent to an activating group) is 1. The maximum absolute atomic E-state index is 13.1. The molecule has 0 aliphatic heterocycles. The maximum Gasteiger partial charge on any atom is 0.248 e. The molecule has 3 heteroatoms. The van der Waals surface area contributed by atoms with Gasteiger partial charge in [0.2, 0.25) is 5.92 Å². The van der Waals surface area contributed by atoms with Crippen LogP contribution < -0.4 is 0 Å². The fraction of sp³-hybridized carbons (Fsp3) is 0.667. The molecule has 0 aromatic heterocycles. The minimum Gasteiger partial charge on any atom is -0.372 e. The van der Waals surface area contributed by atoms with Crippen LogP contribution in [0.3, 0.4) is 0 Å². The van der Waals surface area contributed by atoms with Crippen LogP contribution in [0.4, 0.5) is 8.78 Å². The standard InChI is InChI=1S/C12H19F2N/c1-4-10-15(3)11(5-2)6-8-12(13,14)9-7-11/h4-5,10H,2,6-9H2,1,3H3/b10-4-. The molecule has 86 valence electrons. The zero-order valence-corrected chi connectivity index (χ0v) is 9.47. The minimum absolute atomic E-state index is 0.0408. The number of nitrogens with zero attached hydrogens (tertiary/aromatic N) is 1. The Morgan fingerprint density at radius 3 is 2.13 bits per heavy atom. The van der Waals surface area contributed by atoms with E-state index < -0.39 is 5.92 Å². The van der Waals surface area contributed by atoms with Gasteiger partial charge in [0.1, 0.15) is 0 Å². The lowest BCUT2D eigenvalue weighted by Crippen LogP contribution is -2.47. The van der Waals surface area contributed by atoms with Crippen molar-refractivity contribution >= 4 is 0 Å². The Kier molecular flexibility index (Phi) is 3.53. The van der Waals surface area contributed by atoms with Crippen LogP contribution in [-0.2, 0) is 0 Å². The van der Waals surface area contributed by atoms with Crippen molar-refractivity contribution in [3.05, 3.63) is 24.9 Å². The molecule has 0 radical (unpaired) electrons. The fourth-order valence-corrected chi connectivity index (χ4v) is 2.12. The van der Waals surface area contributed by atoms with Crippen LogP contribution in [0, 0.1) is 0 Å². The molecule has 0 spiro atoms. The molecule has 0 atom stereocenters. The van der Waals surface area contributed by atoms with Gasteiger partial charge in [0.25, 0.3) is 0 Å². The number of hydrogen-bond donors (Lipinski definition) is 0. The van der Waals surface area contributed by atoms with Crippen molar-refractivity contribution in [3.8, 4) is 0 Å². The third-order valence-electron chi connectivity index (χ3n) is 3.30. The van der Waals surface area contributed by atoms with Crippen molar-refractivity contribution in [3.63, 3.8) is 0 Å². The third kappa shape index (κ3) is 2.58. The van der Waals surface area contributed by atoms with Gasteiger partial charge in [-0.25, -0.2) is 8.78 Å². The molecule has 0 heterocycles. The van der Waals surface area contributed by atoms with Gasteiger partial charge in [-0.15, -0.1) is 6.58 Å². The molecule has 0 aromatic carbocycles. The van der Waals surface area contributed by atoms with Crippen LogP contribution in [-0.4, -0.2) is 23.4 Å². The first-order valence-corrected chi connectivity index (χ1v) is 5.33. The number of halogens is 2. The van der Waals surface area contributed by atoms with Gasteiger partial charge in [0, 0.05) is 19.9 Å². The van der Waals surface area contributed by atoms with E-state index in [1.165, 1.54) is 0 Å². The van der Waals surface area contributed by atoms with Crippen molar-refractivity contribution in [2.45, 2.75) is 44.1 Å². The van der Waals surface area contributed by atoms with Gasteiger partial charge in [-0.2, -0.15) is 0 Å². The number of alkyl halides is 2. The van der Waals surface area contributed by atoms with E-state index in [9.17, 15) is 8.78 Å². The predicted molar refractivity (Wildman–Crippen MR) is 58.9 cm³/mol. The predicted octanol–water partition coefficient (Wildman–Crippen LogP) is 3.59. The van der Waals surface area contributed by atoms with Crippen LogP contribution in [0.25, 0.3) is 0 Å². The lowest BCUT2D eigenvalue weighted by Gasteiger charge is -2.44. The molecule has 0 bridgehead atoms. The first-order chi connectivity index (χ1) is 6.96. The summed E-state index contributed by atoms with van der Waals surface area (Å²) in [6.07, 6.45) is 6.52. The van der Waals surface area contributed by atoms with E-state index in [0.717, 1.165) is 0 Å². The Balaban J connectivity index is 2.76. The summed E-state index contributed by atoms with van der Waals surface area (Å²) in [5, 5.41) is 0. The van der Waals surface area contributed by atoms with Crippen molar-refractivity contribution < 1.29 is 8.78 Å². The zero-order valence-electron chi connectivity index (χ0n) is 9.47. The van der Waals surface area contributed by atoms with E-state index in [-0.39, 0.29) is 18.4 Å². The molecular weight excluding hydrogens is 196 g/mol. The Bertz CT molecular complexity index is 248. The number of hydrogen-bond acceptors (Lipinski definition) is 1. The number of rotatable bonds is 3. The van der Waals surface area contributed by atoms with Crippen LogP contribution in [0.5, 0.6) is 0 Å². The zero-order chi connectivity index (χ0) is 11.5. The summed E-state index contributed by atoms with van der Waals surface area (Å²) in [6, 6.07) is 0. The Labute approximate surface area is 90.5 Å². The van der Waals surface area contributed by atoms with Gasteiger partial charge in [-0.3, -0.25) is 0 Å².